The molecule has 0 unspecified atom stereocenters. The van der Waals surface area contributed by atoms with E-state index in [0.29, 0.717) is 19.4 Å². The predicted molar refractivity (Wildman–Crippen MR) is 136 cm³/mol. The Labute approximate surface area is 186 Å². The molecule has 4 heteroatoms. The van der Waals surface area contributed by atoms with E-state index in [1.54, 1.807) is 0 Å². The molecular formula is C26H40O2Si2. The average molecular weight is 441 g/mol. The van der Waals surface area contributed by atoms with E-state index < -0.39 is 22.5 Å². The summed E-state index contributed by atoms with van der Waals surface area (Å²) in [6, 6.07) is 22.4. The van der Waals surface area contributed by atoms with E-state index in [-0.39, 0.29) is 5.04 Å². The first-order valence-electron chi connectivity index (χ1n) is 11.1. The van der Waals surface area contributed by atoms with Crippen LogP contribution in [-0.4, -0.2) is 34.2 Å². The number of rotatable bonds is 10. The van der Waals surface area contributed by atoms with Gasteiger partial charge in [0.25, 0.3) is 8.32 Å². The third kappa shape index (κ3) is 6.51. The lowest BCUT2D eigenvalue weighted by molar-refractivity contribution is 0.136. The van der Waals surface area contributed by atoms with E-state index in [0.717, 1.165) is 6.04 Å². The second-order valence-electron chi connectivity index (χ2n) is 10.6. The number of benzene rings is 2. The summed E-state index contributed by atoms with van der Waals surface area (Å²) in [7, 11) is -3.72. The predicted octanol–water partition coefficient (Wildman–Crippen LogP) is 5.60. The van der Waals surface area contributed by atoms with Crippen LogP contribution >= 0.6 is 0 Å². The molecule has 0 aliphatic heterocycles. The highest BCUT2D eigenvalue weighted by atomic mass is 28.4. The van der Waals surface area contributed by atoms with Crippen molar-refractivity contribution in [2.24, 2.45) is 0 Å². The van der Waals surface area contributed by atoms with Crippen molar-refractivity contribution in [1.29, 1.82) is 0 Å². The standard InChI is InChI=1S/C26H40O2Si2/c1-22(21-29(5,6)7)20-23(27)18-19-28-30(26(2,3)4,24-14-10-8-11-15-24)25-16-12-9-13-17-25/h8-17,23,27H,1,18-21H2,2-7H3/t23-/m1/s1. The monoisotopic (exact) mass is 440 g/mol. The highest BCUT2D eigenvalue weighted by Gasteiger charge is 2.50. The van der Waals surface area contributed by atoms with Crippen LogP contribution in [0.25, 0.3) is 0 Å². The van der Waals surface area contributed by atoms with Crippen molar-refractivity contribution >= 4 is 26.8 Å². The summed E-state index contributed by atoms with van der Waals surface area (Å²) in [5, 5.41) is 13.2. The Hall–Kier alpha value is -1.47. The quantitative estimate of drug-likeness (QED) is 0.385. The van der Waals surface area contributed by atoms with Gasteiger partial charge in [-0.1, -0.05) is 107 Å². The molecule has 2 rings (SSSR count). The van der Waals surface area contributed by atoms with Gasteiger partial charge in [0.1, 0.15) is 0 Å². The maximum Gasteiger partial charge on any atom is 0.261 e. The third-order valence-corrected chi connectivity index (χ3v) is 12.1. The molecule has 0 saturated heterocycles. The summed E-state index contributed by atoms with van der Waals surface area (Å²) in [5.74, 6) is 0. The average Bonchev–Trinajstić information content (AvgIpc) is 2.64. The summed E-state index contributed by atoms with van der Waals surface area (Å²) in [4.78, 5) is 0. The van der Waals surface area contributed by atoms with Gasteiger partial charge in [-0.3, -0.25) is 0 Å². The molecule has 1 atom stereocenters. The van der Waals surface area contributed by atoms with Crippen LogP contribution in [0.15, 0.2) is 72.8 Å². The van der Waals surface area contributed by atoms with Crippen molar-refractivity contribution in [3.05, 3.63) is 72.8 Å². The van der Waals surface area contributed by atoms with Crippen LogP contribution in [0.4, 0.5) is 0 Å². The van der Waals surface area contributed by atoms with Crippen LogP contribution in [0, 0.1) is 0 Å². The third-order valence-electron chi connectivity index (χ3n) is 5.49. The highest BCUT2D eigenvalue weighted by Crippen LogP contribution is 2.36. The fourth-order valence-electron chi connectivity index (χ4n) is 4.37. The number of aliphatic hydroxyl groups excluding tert-OH is 1. The number of hydrogen-bond acceptors (Lipinski definition) is 2. The summed E-state index contributed by atoms with van der Waals surface area (Å²) in [6.45, 7) is 18.6. The van der Waals surface area contributed by atoms with Crippen molar-refractivity contribution < 1.29 is 9.53 Å². The van der Waals surface area contributed by atoms with Crippen LogP contribution in [0.3, 0.4) is 0 Å². The zero-order chi connectivity index (χ0) is 22.4. The molecule has 0 aliphatic rings. The Kier molecular flexibility index (Phi) is 8.46. The minimum atomic E-state index is -2.52. The molecule has 2 aromatic carbocycles. The molecule has 2 nitrogen and oxygen atoms in total. The molecule has 164 valence electrons. The van der Waals surface area contributed by atoms with Gasteiger partial charge in [-0.2, -0.15) is 0 Å². The zero-order valence-electron chi connectivity index (χ0n) is 19.7. The van der Waals surface area contributed by atoms with Crippen LogP contribution in [0.1, 0.15) is 33.6 Å². The van der Waals surface area contributed by atoms with E-state index >= 15 is 0 Å². The summed E-state index contributed by atoms with van der Waals surface area (Å²) in [6.07, 6.45) is 0.913. The molecule has 0 bridgehead atoms. The lowest BCUT2D eigenvalue weighted by Crippen LogP contribution is -2.66. The molecule has 30 heavy (non-hydrogen) atoms. The SMILES string of the molecule is C=C(C[C@H](O)CCO[Si](c1ccccc1)(c1ccccc1)C(C)(C)C)C[Si](C)(C)C. The van der Waals surface area contributed by atoms with E-state index in [2.05, 4.69) is 108 Å². The van der Waals surface area contributed by atoms with Crippen molar-refractivity contribution in [3.8, 4) is 0 Å². The second kappa shape index (κ2) is 10.2. The molecule has 2 aromatic rings. The van der Waals surface area contributed by atoms with Gasteiger partial charge in [0.2, 0.25) is 0 Å². The molecule has 0 aromatic heterocycles. The molecule has 0 amide bonds. The van der Waals surface area contributed by atoms with Crippen LogP contribution in [0.2, 0.25) is 30.7 Å². The Morgan fingerprint density at radius 3 is 1.80 bits per heavy atom. The van der Waals surface area contributed by atoms with Gasteiger partial charge < -0.3 is 9.53 Å². The Balaban J connectivity index is 2.22. The fourth-order valence-corrected chi connectivity index (χ4v) is 10.6. The maximum atomic E-state index is 10.6. The van der Waals surface area contributed by atoms with Crippen molar-refractivity contribution in [3.63, 3.8) is 0 Å². The lowest BCUT2D eigenvalue weighted by atomic mass is 10.1. The van der Waals surface area contributed by atoms with Gasteiger partial charge in [-0.25, -0.2) is 0 Å². The fraction of sp³-hybridized carbons (Fsp3) is 0.462. The van der Waals surface area contributed by atoms with E-state index in [1.165, 1.54) is 15.9 Å². The topological polar surface area (TPSA) is 29.5 Å². The first-order valence-corrected chi connectivity index (χ1v) is 16.7. The van der Waals surface area contributed by atoms with Gasteiger partial charge in [0, 0.05) is 14.7 Å². The Morgan fingerprint density at radius 2 is 1.40 bits per heavy atom. The highest BCUT2D eigenvalue weighted by molar-refractivity contribution is 6.99. The molecule has 0 fully saturated rings. The largest absolute Gasteiger partial charge is 0.407 e. The van der Waals surface area contributed by atoms with Crippen LogP contribution in [0.5, 0.6) is 0 Å². The van der Waals surface area contributed by atoms with Crippen LogP contribution < -0.4 is 10.4 Å². The summed E-state index contributed by atoms with van der Waals surface area (Å²) < 4.78 is 6.88. The Bertz CT molecular complexity index is 750. The molecular weight excluding hydrogens is 400 g/mol. The number of hydrogen-bond donors (Lipinski definition) is 1. The van der Waals surface area contributed by atoms with Crippen molar-refractivity contribution in [2.75, 3.05) is 6.61 Å². The van der Waals surface area contributed by atoms with Gasteiger partial charge in [-0.05, 0) is 34.3 Å². The molecule has 1 N–H and O–H groups in total. The van der Waals surface area contributed by atoms with Crippen molar-refractivity contribution in [1.82, 2.24) is 0 Å². The van der Waals surface area contributed by atoms with Crippen LogP contribution in [-0.2, 0) is 4.43 Å². The van der Waals surface area contributed by atoms with E-state index in [1.807, 2.05) is 0 Å². The smallest absolute Gasteiger partial charge is 0.261 e. The minimum Gasteiger partial charge on any atom is -0.407 e. The van der Waals surface area contributed by atoms with Crippen molar-refractivity contribution in [2.45, 2.75) is 70.4 Å². The molecule has 0 radical (unpaired) electrons. The summed E-state index contributed by atoms with van der Waals surface area (Å²) >= 11 is 0. The second-order valence-corrected chi connectivity index (χ2v) is 20.4. The van der Waals surface area contributed by atoms with E-state index in [9.17, 15) is 5.11 Å². The van der Waals surface area contributed by atoms with Gasteiger partial charge in [0.05, 0.1) is 6.10 Å². The lowest BCUT2D eigenvalue weighted by Gasteiger charge is -2.43. The molecule has 0 saturated carbocycles. The number of aliphatic hydroxyl groups is 1. The van der Waals surface area contributed by atoms with Gasteiger partial charge in [0.15, 0.2) is 0 Å². The van der Waals surface area contributed by atoms with E-state index in [4.69, 9.17) is 4.43 Å². The molecule has 0 heterocycles. The maximum absolute atomic E-state index is 10.6. The first kappa shape index (κ1) is 24.8. The normalized spacial score (nSPS) is 13.8. The molecule has 0 spiro atoms. The zero-order valence-corrected chi connectivity index (χ0v) is 21.7. The molecule has 0 aliphatic carbocycles. The minimum absolute atomic E-state index is 0.0396. The first-order chi connectivity index (χ1) is 14.0. The Morgan fingerprint density at radius 1 is 0.933 bits per heavy atom. The van der Waals surface area contributed by atoms with Gasteiger partial charge in [-0.15, -0.1) is 6.58 Å². The van der Waals surface area contributed by atoms with Gasteiger partial charge >= 0.3 is 0 Å². The summed E-state index contributed by atoms with van der Waals surface area (Å²) in [5.41, 5.74) is 1.17.